The van der Waals surface area contributed by atoms with Crippen LogP contribution in [0.1, 0.15) is 10.4 Å². The van der Waals surface area contributed by atoms with Crippen molar-refractivity contribution in [2.24, 2.45) is 0 Å². The Kier molecular flexibility index (Phi) is 7.05. The van der Waals surface area contributed by atoms with Gasteiger partial charge >= 0.3 is 0 Å². The molecule has 1 atom stereocenters. The number of carbonyl (C=O) groups is 2. The standard InChI is InChI=1S/C17H24N2O7/c1-23-13-8-11(9-14(24-2)15(13)25-3)16(21)18-12(10-20)17(22)19-4-6-26-7-5-19/h8-9,12,20H,4-7,10H2,1-3H3,(H,18,21). The van der Waals surface area contributed by atoms with Gasteiger partial charge < -0.3 is 34.3 Å². The van der Waals surface area contributed by atoms with E-state index in [4.69, 9.17) is 18.9 Å². The van der Waals surface area contributed by atoms with Gasteiger partial charge in [0.2, 0.25) is 11.7 Å². The molecule has 2 N–H and O–H groups in total. The second-order valence-corrected chi connectivity index (χ2v) is 5.56. The summed E-state index contributed by atoms with van der Waals surface area (Å²) in [6, 6.07) is 1.91. The average molecular weight is 368 g/mol. The number of aliphatic hydroxyl groups is 1. The molecule has 1 aromatic carbocycles. The van der Waals surface area contributed by atoms with Crippen molar-refractivity contribution in [2.75, 3.05) is 54.2 Å². The van der Waals surface area contributed by atoms with Gasteiger partial charge in [-0.1, -0.05) is 0 Å². The maximum Gasteiger partial charge on any atom is 0.252 e. The molecule has 2 amide bonds. The Morgan fingerprint density at radius 1 is 1.15 bits per heavy atom. The van der Waals surface area contributed by atoms with Gasteiger partial charge in [-0.2, -0.15) is 0 Å². The van der Waals surface area contributed by atoms with Crippen molar-refractivity contribution in [2.45, 2.75) is 6.04 Å². The van der Waals surface area contributed by atoms with Crippen LogP contribution in [0.2, 0.25) is 0 Å². The number of hydrogen-bond acceptors (Lipinski definition) is 7. The number of carbonyl (C=O) groups excluding carboxylic acids is 2. The molecule has 1 unspecified atom stereocenters. The molecule has 9 nitrogen and oxygen atoms in total. The van der Waals surface area contributed by atoms with Crippen LogP contribution in [0.3, 0.4) is 0 Å². The topological polar surface area (TPSA) is 107 Å². The van der Waals surface area contributed by atoms with Crippen LogP contribution < -0.4 is 19.5 Å². The summed E-state index contributed by atoms with van der Waals surface area (Å²) in [6.45, 7) is 1.21. The molecule has 9 heteroatoms. The van der Waals surface area contributed by atoms with E-state index in [9.17, 15) is 14.7 Å². The molecule has 0 aliphatic carbocycles. The Morgan fingerprint density at radius 3 is 2.19 bits per heavy atom. The van der Waals surface area contributed by atoms with E-state index >= 15 is 0 Å². The van der Waals surface area contributed by atoms with Gasteiger partial charge in [-0.3, -0.25) is 9.59 Å². The monoisotopic (exact) mass is 368 g/mol. The van der Waals surface area contributed by atoms with E-state index < -0.39 is 18.6 Å². The van der Waals surface area contributed by atoms with E-state index in [0.717, 1.165) is 0 Å². The molecule has 1 aliphatic rings. The van der Waals surface area contributed by atoms with Crippen LogP contribution >= 0.6 is 0 Å². The zero-order valence-electron chi connectivity index (χ0n) is 15.1. The molecule has 0 aromatic heterocycles. The maximum atomic E-state index is 12.6. The molecule has 0 spiro atoms. The third kappa shape index (κ3) is 4.36. The highest BCUT2D eigenvalue weighted by molar-refractivity contribution is 5.98. The van der Waals surface area contributed by atoms with Crippen molar-refractivity contribution in [3.63, 3.8) is 0 Å². The second kappa shape index (κ2) is 9.25. The molecule has 1 aromatic rings. The van der Waals surface area contributed by atoms with E-state index in [0.29, 0.717) is 43.6 Å². The lowest BCUT2D eigenvalue weighted by molar-refractivity contribution is -0.138. The summed E-state index contributed by atoms with van der Waals surface area (Å²) >= 11 is 0. The first-order valence-electron chi connectivity index (χ1n) is 8.14. The first-order chi connectivity index (χ1) is 12.5. The van der Waals surface area contributed by atoms with Crippen molar-refractivity contribution in [3.8, 4) is 17.2 Å². The van der Waals surface area contributed by atoms with E-state index in [-0.39, 0.29) is 11.5 Å². The van der Waals surface area contributed by atoms with E-state index in [1.54, 1.807) is 4.90 Å². The highest BCUT2D eigenvalue weighted by atomic mass is 16.5. The van der Waals surface area contributed by atoms with Crippen LogP contribution in [0.4, 0.5) is 0 Å². The third-order valence-corrected chi connectivity index (χ3v) is 4.04. The number of rotatable bonds is 7. The van der Waals surface area contributed by atoms with Gasteiger partial charge in [-0.15, -0.1) is 0 Å². The molecule has 0 bridgehead atoms. The summed E-state index contributed by atoms with van der Waals surface area (Å²) in [5.41, 5.74) is 0.215. The van der Waals surface area contributed by atoms with Crippen LogP contribution in [-0.4, -0.2) is 82.1 Å². The Labute approximate surface area is 151 Å². The van der Waals surface area contributed by atoms with Crippen molar-refractivity contribution in [1.29, 1.82) is 0 Å². The number of nitrogens with zero attached hydrogens (tertiary/aromatic N) is 1. The quantitative estimate of drug-likeness (QED) is 0.678. The molecular weight excluding hydrogens is 344 g/mol. The third-order valence-electron chi connectivity index (χ3n) is 4.04. The molecule has 26 heavy (non-hydrogen) atoms. The van der Waals surface area contributed by atoms with Crippen LogP contribution in [0, 0.1) is 0 Å². The van der Waals surface area contributed by atoms with Crippen LogP contribution in [0.5, 0.6) is 17.2 Å². The zero-order chi connectivity index (χ0) is 19.1. The van der Waals surface area contributed by atoms with Crippen LogP contribution in [0.15, 0.2) is 12.1 Å². The van der Waals surface area contributed by atoms with E-state index in [1.807, 2.05) is 0 Å². The van der Waals surface area contributed by atoms with Gasteiger partial charge in [-0.05, 0) is 12.1 Å². The predicted octanol–water partition coefficient (Wildman–Crippen LogP) is -0.338. The minimum absolute atomic E-state index is 0.215. The molecule has 1 fully saturated rings. The molecule has 0 saturated carbocycles. The Hall–Kier alpha value is -2.52. The average Bonchev–Trinajstić information content (AvgIpc) is 2.70. The smallest absolute Gasteiger partial charge is 0.252 e. The van der Waals surface area contributed by atoms with Gasteiger partial charge in [-0.25, -0.2) is 0 Å². The fraction of sp³-hybridized carbons (Fsp3) is 0.529. The largest absolute Gasteiger partial charge is 0.493 e. The SMILES string of the molecule is COc1cc(C(=O)NC(CO)C(=O)N2CCOCC2)cc(OC)c1OC. The second-order valence-electron chi connectivity index (χ2n) is 5.56. The van der Waals surface area contributed by atoms with Gasteiger partial charge in [0.1, 0.15) is 6.04 Å². The number of amides is 2. The molecule has 1 aliphatic heterocycles. The van der Waals surface area contributed by atoms with Crippen LogP contribution in [-0.2, 0) is 9.53 Å². The highest BCUT2D eigenvalue weighted by Gasteiger charge is 2.27. The number of morpholine rings is 1. The van der Waals surface area contributed by atoms with Crippen molar-refractivity contribution in [3.05, 3.63) is 17.7 Å². The number of methoxy groups -OCH3 is 3. The van der Waals surface area contributed by atoms with Gasteiger partial charge in [0.05, 0.1) is 41.2 Å². The number of ether oxygens (including phenoxy) is 4. The Bertz CT molecular complexity index is 619. The molecule has 1 heterocycles. The number of benzene rings is 1. The van der Waals surface area contributed by atoms with Crippen LogP contribution in [0.25, 0.3) is 0 Å². The lowest BCUT2D eigenvalue weighted by atomic mass is 10.1. The lowest BCUT2D eigenvalue weighted by Gasteiger charge is -2.30. The van der Waals surface area contributed by atoms with E-state index in [2.05, 4.69) is 5.32 Å². The summed E-state index contributed by atoms with van der Waals surface area (Å²) in [4.78, 5) is 26.6. The molecule has 144 valence electrons. The Balaban J connectivity index is 2.17. The number of nitrogens with one attached hydrogen (secondary N) is 1. The summed E-state index contributed by atoms with van der Waals surface area (Å²) in [5, 5.41) is 12.1. The van der Waals surface area contributed by atoms with E-state index in [1.165, 1.54) is 33.5 Å². The number of hydrogen-bond donors (Lipinski definition) is 2. The predicted molar refractivity (Wildman–Crippen MR) is 91.8 cm³/mol. The first kappa shape index (κ1) is 19.8. The molecular formula is C17H24N2O7. The lowest BCUT2D eigenvalue weighted by Crippen LogP contribution is -2.53. The van der Waals surface area contributed by atoms with Gasteiger partial charge in [0.15, 0.2) is 11.5 Å². The summed E-state index contributed by atoms with van der Waals surface area (Å²) < 4.78 is 20.9. The minimum atomic E-state index is -1.04. The normalized spacial score (nSPS) is 15.2. The van der Waals surface area contributed by atoms with Gasteiger partial charge in [0.25, 0.3) is 5.91 Å². The molecule has 2 rings (SSSR count). The summed E-state index contributed by atoms with van der Waals surface area (Å²) in [6.07, 6.45) is 0. The highest BCUT2D eigenvalue weighted by Crippen LogP contribution is 2.38. The van der Waals surface area contributed by atoms with Crippen molar-refractivity contribution >= 4 is 11.8 Å². The minimum Gasteiger partial charge on any atom is -0.493 e. The first-order valence-corrected chi connectivity index (χ1v) is 8.14. The number of aliphatic hydroxyl groups excluding tert-OH is 1. The molecule has 0 radical (unpaired) electrons. The maximum absolute atomic E-state index is 12.6. The fourth-order valence-electron chi connectivity index (χ4n) is 2.64. The summed E-state index contributed by atoms with van der Waals surface area (Å²) in [7, 11) is 4.35. The molecule has 1 saturated heterocycles. The van der Waals surface area contributed by atoms with Crippen molar-refractivity contribution < 1.29 is 33.6 Å². The summed E-state index contributed by atoms with van der Waals surface area (Å²) in [5.74, 6) is 0.102. The fourth-order valence-corrected chi connectivity index (χ4v) is 2.64. The van der Waals surface area contributed by atoms with Gasteiger partial charge in [0, 0.05) is 18.7 Å². The van der Waals surface area contributed by atoms with Crippen molar-refractivity contribution in [1.82, 2.24) is 10.2 Å². The zero-order valence-corrected chi connectivity index (χ0v) is 15.1. The Morgan fingerprint density at radius 2 is 1.73 bits per heavy atom.